The molecule has 2 saturated heterocycles. The molecular formula is C23H23NO4. The number of nitrogens with one attached hydrogen (secondary N) is 1. The summed E-state index contributed by atoms with van der Waals surface area (Å²) < 4.78 is 11.8. The largest absolute Gasteiger partial charge is 0.455 e. The Hall–Kier alpha value is -2.66. The van der Waals surface area contributed by atoms with Gasteiger partial charge in [0.2, 0.25) is 0 Å². The van der Waals surface area contributed by atoms with Gasteiger partial charge in [-0.1, -0.05) is 36.4 Å². The molecule has 0 spiro atoms. The highest BCUT2D eigenvalue weighted by atomic mass is 16.6. The summed E-state index contributed by atoms with van der Waals surface area (Å²) in [7, 11) is 0. The highest BCUT2D eigenvalue weighted by Gasteiger charge is 2.59. The highest BCUT2D eigenvalue weighted by molar-refractivity contribution is 5.90. The van der Waals surface area contributed by atoms with Crippen LogP contribution >= 0.6 is 0 Å². The lowest BCUT2D eigenvalue weighted by Gasteiger charge is -2.28. The zero-order chi connectivity index (χ0) is 19.1. The van der Waals surface area contributed by atoms with Crippen LogP contribution in [0.2, 0.25) is 0 Å². The molecule has 5 rings (SSSR count). The first kappa shape index (κ1) is 17.4. The van der Waals surface area contributed by atoms with E-state index in [1.54, 1.807) is 24.3 Å². The molecule has 5 heteroatoms. The topological polar surface area (TPSA) is 64.6 Å². The van der Waals surface area contributed by atoms with Crippen molar-refractivity contribution in [1.29, 1.82) is 0 Å². The number of benzene rings is 2. The van der Waals surface area contributed by atoms with E-state index in [4.69, 9.17) is 9.47 Å². The van der Waals surface area contributed by atoms with E-state index in [1.165, 1.54) is 0 Å². The lowest BCUT2D eigenvalue weighted by molar-refractivity contribution is -0.0382. The van der Waals surface area contributed by atoms with Crippen LogP contribution in [0.1, 0.15) is 40.0 Å². The summed E-state index contributed by atoms with van der Waals surface area (Å²) in [6.45, 7) is 0. The summed E-state index contributed by atoms with van der Waals surface area (Å²) in [5, 5.41) is 3.65. The van der Waals surface area contributed by atoms with Crippen molar-refractivity contribution in [3.8, 4) is 0 Å². The predicted molar refractivity (Wildman–Crippen MR) is 103 cm³/mol. The Morgan fingerprint density at radius 2 is 1.36 bits per heavy atom. The van der Waals surface area contributed by atoms with Crippen LogP contribution in [0.3, 0.4) is 0 Å². The van der Waals surface area contributed by atoms with Crippen molar-refractivity contribution in [2.24, 2.45) is 11.8 Å². The van der Waals surface area contributed by atoms with Crippen LogP contribution in [-0.4, -0.2) is 36.2 Å². The van der Waals surface area contributed by atoms with E-state index in [0.29, 0.717) is 29.1 Å². The summed E-state index contributed by atoms with van der Waals surface area (Å²) in [6.07, 6.45) is 2.16. The monoisotopic (exact) mass is 377 g/mol. The highest BCUT2D eigenvalue weighted by Crippen LogP contribution is 2.50. The third-order valence-electron chi connectivity index (χ3n) is 6.46. The Labute approximate surface area is 164 Å². The van der Waals surface area contributed by atoms with Gasteiger partial charge >= 0.3 is 11.9 Å². The van der Waals surface area contributed by atoms with Gasteiger partial charge in [-0.25, -0.2) is 9.59 Å². The lowest BCUT2D eigenvalue weighted by Crippen LogP contribution is -2.40. The van der Waals surface area contributed by atoms with Crippen LogP contribution in [0.4, 0.5) is 0 Å². The average Bonchev–Trinajstić information content (AvgIpc) is 3.43. The Morgan fingerprint density at radius 3 is 2.00 bits per heavy atom. The molecule has 6 unspecified atom stereocenters. The van der Waals surface area contributed by atoms with E-state index < -0.39 is 12.2 Å². The fraction of sp³-hybridized carbons (Fsp3) is 0.391. The van der Waals surface area contributed by atoms with Crippen LogP contribution in [0.5, 0.6) is 0 Å². The quantitative estimate of drug-likeness (QED) is 0.829. The number of fused-ring (bicyclic) bond motifs is 5. The molecule has 2 aromatic rings. The van der Waals surface area contributed by atoms with Gasteiger partial charge in [-0.3, -0.25) is 0 Å². The normalized spacial score (nSPS) is 32.7. The minimum absolute atomic E-state index is 0.208. The van der Waals surface area contributed by atoms with Crippen molar-refractivity contribution in [2.45, 2.75) is 43.6 Å². The Balaban J connectivity index is 1.37. The smallest absolute Gasteiger partial charge is 0.338 e. The summed E-state index contributed by atoms with van der Waals surface area (Å²) in [5.41, 5.74) is 1.05. The minimum atomic E-state index is -0.409. The van der Waals surface area contributed by atoms with Crippen molar-refractivity contribution in [1.82, 2.24) is 5.32 Å². The van der Waals surface area contributed by atoms with Crippen LogP contribution in [0.25, 0.3) is 0 Å². The first-order valence-electron chi connectivity index (χ1n) is 9.99. The van der Waals surface area contributed by atoms with Gasteiger partial charge in [0, 0.05) is 18.0 Å². The molecule has 3 aliphatic rings. The van der Waals surface area contributed by atoms with Crippen LogP contribution in [0, 0.1) is 11.8 Å². The Morgan fingerprint density at radius 1 is 0.786 bits per heavy atom. The second-order valence-corrected chi connectivity index (χ2v) is 7.98. The molecule has 0 aromatic heterocycles. The fourth-order valence-electron chi connectivity index (χ4n) is 5.27. The van der Waals surface area contributed by atoms with Crippen LogP contribution in [-0.2, 0) is 9.47 Å². The van der Waals surface area contributed by atoms with Crippen LogP contribution < -0.4 is 5.32 Å². The molecule has 1 aliphatic carbocycles. The average molecular weight is 377 g/mol. The maximum Gasteiger partial charge on any atom is 0.338 e. The van der Waals surface area contributed by atoms with Crippen molar-refractivity contribution in [2.75, 3.05) is 0 Å². The van der Waals surface area contributed by atoms with Gasteiger partial charge in [0.1, 0.15) is 12.2 Å². The first-order valence-corrected chi connectivity index (χ1v) is 9.99. The third-order valence-corrected chi connectivity index (χ3v) is 6.46. The molecule has 5 nitrogen and oxygen atoms in total. The molecular weight excluding hydrogens is 354 g/mol. The molecule has 1 N–H and O–H groups in total. The number of carbonyl (C=O) groups excluding carboxylic acids is 2. The van der Waals surface area contributed by atoms with E-state index in [0.717, 1.165) is 19.3 Å². The van der Waals surface area contributed by atoms with Crippen molar-refractivity contribution in [3.05, 3.63) is 71.8 Å². The first-order chi connectivity index (χ1) is 13.7. The minimum Gasteiger partial charge on any atom is -0.455 e. The van der Waals surface area contributed by atoms with Gasteiger partial charge in [-0.2, -0.15) is 0 Å². The van der Waals surface area contributed by atoms with E-state index >= 15 is 0 Å². The molecule has 28 heavy (non-hydrogen) atoms. The van der Waals surface area contributed by atoms with Gasteiger partial charge < -0.3 is 14.8 Å². The van der Waals surface area contributed by atoms with Crippen molar-refractivity contribution >= 4 is 11.9 Å². The maximum absolute atomic E-state index is 12.7. The molecule has 3 fully saturated rings. The molecule has 1 saturated carbocycles. The summed E-state index contributed by atoms with van der Waals surface area (Å²) in [5.74, 6) is -0.109. The number of carbonyl (C=O) groups is 2. The van der Waals surface area contributed by atoms with Gasteiger partial charge in [-0.15, -0.1) is 0 Å². The second kappa shape index (κ2) is 7.06. The van der Waals surface area contributed by atoms with Gasteiger partial charge in [0.05, 0.1) is 11.1 Å². The summed E-state index contributed by atoms with van der Waals surface area (Å²) in [6, 6.07) is 18.8. The van der Waals surface area contributed by atoms with E-state index in [2.05, 4.69) is 5.32 Å². The second-order valence-electron chi connectivity index (χ2n) is 7.98. The number of hydrogen-bond acceptors (Lipinski definition) is 5. The third kappa shape index (κ3) is 3.00. The summed E-state index contributed by atoms with van der Waals surface area (Å²) in [4.78, 5) is 25.3. The summed E-state index contributed by atoms with van der Waals surface area (Å²) >= 11 is 0. The van der Waals surface area contributed by atoms with Gasteiger partial charge in [0.15, 0.2) is 0 Å². The number of esters is 2. The Bertz CT molecular complexity index is 869. The molecule has 2 bridgehead atoms. The molecule has 0 radical (unpaired) electrons. The standard InChI is InChI=1S/C23H23NO4/c25-22(14-7-3-1-4-8-14)27-19-13-16-17-11-12-18(24-17)20(16)21(19)28-23(26)15-9-5-2-6-10-15/h1-10,16-21,24H,11-13H2. The van der Waals surface area contributed by atoms with Gasteiger partial charge in [0.25, 0.3) is 0 Å². The van der Waals surface area contributed by atoms with E-state index in [1.807, 2.05) is 36.4 Å². The zero-order valence-electron chi connectivity index (χ0n) is 15.5. The fourth-order valence-corrected chi connectivity index (χ4v) is 5.27. The zero-order valence-corrected chi connectivity index (χ0v) is 15.5. The Kier molecular flexibility index (Phi) is 4.40. The molecule has 2 heterocycles. The number of ether oxygens (including phenoxy) is 2. The molecule has 144 valence electrons. The van der Waals surface area contributed by atoms with E-state index in [-0.39, 0.29) is 17.9 Å². The SMILES string of the molecule is O=C(OC1CC2C3CCC(N3)C2C1OC(=O)c1ccccc1)c1ccccc1. The predicted octanol–water partition coefficient (Wildman–Crippen LogP) is 3.21. The lowest BCUT2D eigenvalue weighted by atomic mass is 9.81. The van der Waals surface area contributed by atoms with Gasteiger partial charge in [-0.05, 0) is 49.4 Å². The molecule has 2 aromatic carbocycles. The van der Waals surface area contributed by atoms with Crippen molar-refractivity contribution in [3.63, 3.8) is 0 Å². The maximum atomic E-state index is 12.7. The number of rotatable bonds is 4. The number of hydrogen-bond donors (Lipinski definition) is 1. The van der Waals surface area contributed by atoms with Crippen molar-refractivity contribution < 1.29 is 19.1 Å². The molecule has 0 amide bonds. The van der Waals surface area contributed by atoms with Crippen LogP contribution in [0.15, 0.2) is 60.7 Å². The molecule has 2 aliphatic heterocycles. The molecule has 6 atom stereocenters. The van der Waals surface area contributed by atoms with E-state index in [9.17, 15) is 9.59 Å².